The van der Waals surface area contributed by atoms with Gasteiger partial charge in [0, 0.05) is 24.5 Å². The van der Waals surface area contributed by atoms with Crippen LogP contribution in [0.25, 0.3) is 0 Å². The predicted octanol–water partition coefficient (Wildman–Crippen LogP) is 5.90. The van der Waals surface area contributed by atoms with Gasteiger partial charge in [-0.1, -0.05) is 67.4 Å². The Hall–Kier alpha value is -3.51. The summed E-state index contributed by atoms with van der Waals surface area (Å²) in [4.78, 5) is 28.8. The highest BCUT2D eigenvalue weighted by Gasteiger charge is 2.30. The zero-order valence-corrected chi connectivity index (χ0v) is 23.4. The monoisotopic (exact) mass is 536 g/mol. The van der Waals surface area contributed by atoms with Crippen LogP contribution in [0.2, 0.25) is 5.02 Å². The van der Waals surface area contributed by atoms with Crippen LogP contribution >= 0.6 is 11.6 Å². The number of rotatable bonds is 13. The average molecular weight is 537 g/mol. The van der Waals surface area contributed by atoms with Gasteiger partial charge < -0.3 is 19.7 Å². The number of unbranched alkanes of at least 4 members (excludes halogenated alkanes) is 1. The van der Waals surface area contributed by atoms with E-state index in [0.717, 1.165) is 35.1 Å². The topological polar surface area (TPSA) is 67.9 Å². The van der Waals surface area contributed by atoms with Crippen molar-refractivity contribution in [1.82, 2.24) is 10.2 Å². The summed E-state index contributed by atoms with van der Waals surface area (Å²) in [5.74, 6) is 0.776. The van der Waals surface area contributed by atoms with E-state index in [0.29, 0.717) is 29.5 Å². The number of aryl methyl sites for hydroxylation is 2. The van der Waals surface area contributed by atoms with Crippen LogP contribution in [0.15, 0.2) is 66.7 Å². The van der Waals surface area contributed by atoms with Crippen molar-refractivity contribution < 1.29 is 19.1 Å². The molecule has 0 saturated heterocycles. The van der Waals surface area contributed by atoms with E-state index in [-0.39, 0.29) is 25.0 Å². The van der Waals surface area contributed by atoms with Gasteiger partial charge in [-0.15, -0.1) is 0 Å². The Morgan fingerprint density at radius 2 is 1.63 bits per heavy atom. The molecule has 0 aliphatic carbocycles. The van der Waals surface area contributed by atoms with Gasteiger partial charge in [0.05, 0.1) is 7.11 Å². The fraction of sp³-hybridized carbons (Fsp3) is 0.355. The molecule has 6 nitrogen and oxygen atoms in total. The highest BCUT2D eigenvalue weighted by molar-refractivity contribution is 6.32. The van der Waals surface area contributed by atoms with E-state index < -0.39 is 6.04 Å². The molecule has 0 spiro atoms. The summed E-state index contributed by atoms with van der Waals surface area (Å²) in [6.45, 7) is 6.45. The van der Waals surface area contributed by atoms with Crippen molar-refractivity contribution in [3.05, 3.63) is 94.0 Å². The molecule has 38 heavy (non-hydrogen) atoms. The smallest absolute Gasteiger partial charge is 0.261 e. The maximum Gasteiger partial charge on any atom is 0.261 e. The first-order chi connectivity index (χ1) is 18.3. The third kappa shape index (κ3) is 8.25. The summed E-state index contributed by atoms with van der Waals surface area (Å²) in [6.07, 6.45) is 2.21. The fourth-order valence-electron chi connectivity index (χ4n) is 4.25. The summed E-state index contributed by atoms with van der Waals surface area (Å²) >= 11 is 6.30. The van der Waals surface area contributed by atoms with Gasteiger partial charge in [-0.25, -0.2) is 0 Å². The van der Waals surface area contributed by atoms with Gasteiger partial charge in [0.25, 0.3) is 5.91 Å². The minimum atomic E-state index is -0.717. The standard InChI is InChI=1S/C31H37ClN2O4/c1-5-6-15-33-31(36)28(19-24-11-8-7-9-12-24)34(20-25-13-10-14-26(18-25)37-4)29(35)21-38-27-16-22(2)30(32)23(3)17-27/h7-14,16-18,28H,5-6,15,19-21H2,1-4H3,(H,33,36)/t28-/m0/s1. The molecular weight excluding hydrogens is 500 g/mol. The number of hydrogen-bond donors (Lipinski definition) is 1. The zero-order valence-electron chi connectivity index (χ0n) is 22.6. The summed E-state index contributed by atoms with van der Waals surface area (Å²) in [7, 11) is 1.60. The molecule has 3 aromatic rings. The largest absolute Gasteiger partial charge is 0.497 e. The summed E-state index contributed by atoms with van der Waals surface area (Å²) < 4.78 is 11.3. The van der Waals surface area contributed by atoms with Crippen molar-refractivity contribution in [1.29, 1.82) is 0 Å². The molecule has 0 bridgehead atoms. The van der Waals surface area contributed by atoms with Crippen LogP contribution in [0.1, 0.15) is 42.0 Å². The summed E-state index contributed by atoms with van der Waals surface area (Å²) in [6, 6.07) is 20.2. The molecule has 0 aliphatic heterocycles. The third-order valence-electron chi connectivity index (χ3n) is 6.36. The molecule has 0 aromatic heterocycles. The lowest BCUT2D eigenvalue weighted by molar-refractivity contribution is -0.142. The van der Waals surface area contributed by atoms with E-state index in [1.165, 1.54) is 0 Å². The number of hydrogen-bond acceptors (Lipinski definition) is 4. The molecule has 3 rings (SSSR count). The first kappa shape index (κ1) is 29.1. The first-order valence-corrected chi connectivity index (χ1v) is 13.3. The van der Waals surface area contributed by atoms with E-state index in [1.807, 2.05) is 80.6 Å². The van der Waals surface area contributed by atoms with Gasteiger partial charge >= 0.3 is 0 Å². The van der Waals surface area contributed by atoms with E-state index in [4.69, 9.17) is 21.1 Å². The molecule has 202 valence electrons. The highest BCUT2D eigenvalue weighted by Crippen LogP contribution is 2.26. The number of carbonyl (C=O) groups excluding carboxylic acids is 2. The van der Waals surface area contributed by atoms with Gasteiger partial charge in [0.15, 0.2) is 6.61 Å². The lowest BCUT2D eigenvalue weighted by atomic mass is 10.0. The molecule has 0 aliphatic rings. The Morgan fingerprint density at radius 1 is 0.947 bits per heavy atom. The number of halogens is 1. The second kappa shape index (κ2) is 14.4. The Labute approximate surface area is 230 Å². The molecule has 0 fully saturated rings. The number of amides is 2. The van der Waals surface area contributed by atoms with E-state index in [2.05, 4.69) is 12.2 Å². The van der Waals surface area contributed by atoms with Crippen LogP contribution in [0, 0.1) is 13.8 Å². The summed E-state index contributed by atoms with van der Waals surface area (Å²) in [5.41, 5.74) is 3.57. The van der Waals surface area contributed by atoms with Crippen molar-refractivity contribution >= 4 is 23.4 Å². The second-order valence-electron chi connectivity index (χ2n) is 9.38. The Kier molecular flexibility index (Phi) is 11.0. The number of nitrogens with zero attached hydrogens (tertiary/aromatic N) is 1. The van der Waals surface area contributed by atoms with Gasteiger partial charge in [-0.2, -0.15) is 0 Å². The van der Waals surface area contributed by atoms with E-state index in [1.54, 1.807) is 12.0 Å². The number of ether oxygens (including phenoxy) is 2. The minimum Gasteiger partial charge on any atom is -0.497 e. The number of benzene rings is 3. The van der Waals surface area contributed by atoms with Crippen LogP contribution in [0.5, 0.6) is 11.5 Å². The van der Waals surface area contributed by atoms with Crippen molar-refractivity contribution in [3.63, 3.8) is 0 Å². The molecule has 0 saturated carbocycles. The van der Waals surface area contributed by atoms with Crippen molar-refractivity contribution in [2.24, 2.45) is 0 Å². The molecule has 1 atom stereocenters. The van der Waals surface area contributed by atoms with Gasteiger partial charge in [0.1, 0.15) is 17.5 Å². The molecule has 0 heterocycles. The Balaban J connectivity index is 1.92. The molecular formula is C31H37ClN2O4. The van der Waals surface area contributed by atoms with Crippen molar-refractivity contribution in [3.8, 4) is 11.5 Å². The normalized spacial score (nSPS) is 11.5. The van der Waals surface area contributed by atoms with Gasteiger partial charge in [0.2, 0.25) is 5.91 Å². The lowest BCUT2D eigenvalue weighted by Gasteiger charge is -2.31. The lowest BCUT2D eigenvalue weighted by Crippen LogP contribution is -2.51. The van der Waals surface area contributed by atoms with Crippen molar-refractivity contribution in [2.75, 3.05) is 20.3 Å². The third-order valence-corrected chi connectivity index (χ3v) is 6.96. The van der Waals surface area contributed by atoms with Crippen molar-refractivity contribution in [2.45, 2.75) is 52.6 Å². The van der Waals surface area contributed by atoms with Gasteiger partial charge in [-0.05, 0) is 66.8 Å². The zero-order chi connectivity index (χ0) is 27.5. The van der Waals surface area contributed by atoms with Crippen LogP contribution in [-0.4, -0.2) is 43.0 Å². The van der Waals surface area contributed by atoms with Crippen LogP contribution in [0.4, 0.5) is 0 Å². The SMILES string of the molecule is CCCCNC(=O)[C@H](Cc1ccccc1)N(Cc1cccc(OC)c1)C(=O)COc1cc(C)c(Cl)c(C)c1. The first-order valence-electron chi connectivity index (χ1n) is 13.0. The number of nitrogens with one attached hydrogen (secondary N) is 1. The van der Waals surface area contributed by atoms with E-state index >= 15 is 0 Å². The minimum absolute atomic E-state index is 0.184. The van der Waals surface area contributed by atoms with E-state index in [9.17, 15) is 9.59 Å². The van der Waals surface area contributed by atoms with Crippen LogP contribution in [0.3, 0.4) is 0 Å². The highest BCUT2D eigenvalue weighted by atomic mass is 35.5. The fourth-order valence-corrected chi connectivity index (χ4v) is 4.35. The average Bonchev–Trinajstić information content (AvgIpc) is 2.92. The summed E-state index contributed by atoms with van der Waals surface area (Å²) in [5, 5.41) is 3.71. The number of carbonyl (C=O) groups is 2. The predicted molar refractivity (Wildman–Crippen MR) is 152 cm³/mol. The second-order valence-corrected chi connectivity index (χ2v) is 9.76. The van der Waals surface area contributed by atoms with Crippen LogP contribution < -0.4 is 14.8 Å². The molecule has 2 amide bonds. The molecule has 0 radical (unpaired) electrons. The maximum atomic E-state index is 13.7. The van der Waals surface area contributed by atoms with Gasteiger partial charge in [-0.3, -0.25) is 9.59 Å². The Morgan fingerprint density at radius 3 is 2.29 bits per heavy atom. The molecule has 0 unspecified atom stereocenters. The molecule has 3 aromatic carbocycles. The molecule has 7 heteroatoms. The molecule has 1 N–H and O–H groups in total. The number of methoxy groups -OCH3 is 1. The van der Waals surface area contributed by atoms with Crippen LogP contribution in [-0.2, 0) is 22.6 Å². The maximum absolute atomic E-state index is 13.7. The quantitative estimate of drug-likeness (QED) is 0.276. The Bertz CT molecular complexity index is 1190.